The molecule has 0 aliphatic heterocycles. The van der Waals surface area contributed by atoms with Crippen LogP contribution in [0.1, 0.15) is 57.9 Å². The topological polar surface area (TPSA) is 108 Å². The zero-order valence-electron chi connectivity index (χ0n) is 20.1. The number of anilines is 2. The van der Waals surface area contributed by atoms with E-state index in [-0.39, 0.29) is 16.8 Å². The van der Waals surface area contributed by atoms with E-state index < -0.39 is 41.6 Å². The molecule has 1 aliphatic carbocycles. The SMILES string of the molecule is Cc1cc(C2CC2)ncc1-c1cccc(C(=O)CC(=O)Nc2cc(C(F)(F)F)c(C)cc2NC(=O)O)c1. The summed E-state index contributed by atoms with van der Waals surface area (Å²) < 4.78 is 40.1. The molecule has 7 nitrogen and oxygen atoms in total. The molecule has 0 radical (unpaired) electrons. The van der Waals surface area contributed by atoms with Crippen LogP contribution in [0.15, 0.2) is 48.7 Å². The molecule has 1 aliphatic rings. The van der Waals surface area contributed by atoms with Gasteiger partial charge in [0.1, 0.15) is 0 Å². The Kier molecular flexibility index (Phi) is 7.02. The van der Waals surface area contributed by atoms with Gasteiger partial charge in [0.05, 0.1) is 23.4 Å². The molecule has 1 heterocycles. The molecule has 37 heavy (non-hydrogen) atoms. The molecule has 2 amide bonds. The van der Waals surface area contributed by atoms with E-state index in [1.165, 1.54) is 6.92 Å². The Morgan fingerprint density at radius 1 is 1.00 bits per heavy atom. The van der Waals surface area contributed by atoms with Crippen LogP contribution in [0, 0.1) is 13.8 Å². The third kappa shape index (κ3) is 6.14. The summed E-state index contributed by atoms with van der Waals surface area (Å²) in [4.78, 5) is 41.1. The van der Waals surface area contributed by atoms with Gasteiger partial charge in [0, 0.05) is 28.9 Å². The van der Waals surface area contributed by atoms with Gasteiger partial charge in [-0.15, -0.1) is 0 Å². The van der Waals surface area contributed by atoms with Gasteiger partial charge in [-0.1, -0.05) is 18.2 Å². The highest BCUT2D eigenvalue weighted by atomic mass is 19.4. The Labute approximate surface area is 210 Å². The number of benzene rings is 2. The summed E-state index contributed by atoms with van der Waals surface area (Å²) in [6.45, 7) is 3.14. The number of Topliss-reactive ketones (excluding diaryl/α,β-unsaturated/α-hetero) is 1. The fraction of sp³-hybridized carbons (Fsp3) is 0.259. The minimum absolute atomic E-state index is 0.225. The number of carbonyl (C=O) groups is 3. The highest BCUT2D eigenvalue weighted by Crippen LogP contribution is 2.40. The van der Waals surface area contributed by atoms with Gasteiger partial charge in [0.25, 0.3) is 0 Å². The first kappa shape index (κ1) is 25.9. The second-order valence-corrected chi connectivity index (χ2v) is 9.07. The maximum Gasteiger partial charge on any atom is 0.416 e. The molecule has 0 bridgehead atoms. The van der Waals surface area contributed by atoms with Crippen LogP contribution in [0.25, 0.3) is 11.1 Å². The van der Waals surface area contributed by atoms with Crippen LogP contribution in [0.3, 0.4) is 0 Å². The van der Waals surface area contributed by atoms with Crippen LogP contribution in [0.2, 0.25) is 0 Å². The van der Waals surface area contributed by atoms with Crippen LogP contribution < -0.4 is 10.6 Å². The Bertz CT molecular complexity index is 1400. The van der Waals surface area contributed by atoms with Crippen LogP contribution in [0.4, 0.5) is 29.3 Å². The van der Waals surface area contributed by atoms with Crippen molar-refractivity contribution in [3.63, 3.8) is 0 Å². The molecule has 0 atom stereocenters. The average molecular weight is 512 g/mol. The van der Waals surface area contributed by atoms with E-state index >= 15 is 0 Å². The standard InChI is InChI=1S/C27H24F3N3O4/c1-14-8-21(16-6-7-16)31-13-19(14)17-4-3-5-18(10-17)24(34)12-25(35)32-23-11-20(27(28,29)30)15(2)9-22(23)33-26(36)37/h3-5,8-11,13,16,33H,6-7,12H2,1-2H3,(H,32,35)(H,36,37). The summed E-state index contributed by atoms with van der Waals surface area (Å²) in [5.41, 5.74) is 2.02. The van der Waals surface area contributed by atoms with E-state index in [2.05, 4.69) is 10.3 Å². The molecule has 192 valence electrons. The minimum Gasteiger partial charge on any atom is -0.465 e. The van der Waals surface area contributed by atoms with Gasteiger partial charge >= 0.3 is 12.3 Å². The van der Waals surface area contributed by atoms with Crippen molar-refractivity contribution < 1.29 is 32.7 Å². The van der Waals surface area contributed by atoms with Crippen LogP contribution in [-0.2, 0) is 11.0 Å². The van der Waals surface area contributed by atoms with Crippen molar-refractivity contribution in [2.45, 2.75) is 45.2 Å². The fourth-order valence-corrected chi connectivity index (χ4v) is 4.12. The lowest BCUT2D eigenvalue weighted by Gasteiger charge is -2.17. The van der Waals surface area contributed by atoms with Crippen molar-refractivity contribution in [3.8, 4) is 11.1 Å². The lowest BCUT2D eigenvalue weighted by atomic mass is 9.97. The summed E-state index contributed by atoms with van der Waals surface area (Å²) >= 11 is 0. The largest absolute Gasteiger partial charge is 0.465 e. The summed E-state index contributed by atoms with van der Waals surface area (Å²) in [5, 5.41) is 13.2. The van der Waals surface area contributed by atoms with E-state index in [0.29, 0.717) is 12.0 Å². The van der Waals surface area contributed by atoms with Gasteiger partial charge in [0.15, 0.2) is 5.78 Å². The first-order valence-corrected chi connectivity index (χ1v) is 11.5. The molecule has 1 fully saturated rings. The number of aromatic nitrogens is 1. The predicted molar refractivity (Wildman–Crippen MR) is 132 cm³/mol. The molecule has 10 heteroatoms. The lowest BCUT2D eigenvalue weighted by Crippen LogP contribution is -2.20. The first-order valence-electron chi connectivity index (χ1n) is 11.5. The van der Waals surface area contributed by atoms with Crippen molar-refractivity contribution in [1.82, 2.24) is 4.98 Å². The number of nitrogens with zero attached hydrogens (tertiary/aromatic N) is 1. The zero-order valence-corrected chi connectivity index (χ0v) is 20.1. The van der Waals surface area contributed by atoms with Gasteiger partial charge in [-0.05, 0) is 67.6 Å². The summed E-state index contributed by atoms with van der Waals surface area (Å²) in [7, 11) is 0. The van der Waals surface area contributed by atoms with Crippen LogP contribution in [0.5, 0.6) is 0 Å². The molecule has 0 unspecified atom stereocenters. The summed E-state index contributed by atoms with van der Waals surface area (Å²) in [6.07, 6.45) is -2.85. The molecular formula is C27H24F3N3O4. The lowest BCUT2D eigenvalue weighted by molar-refractivity contribution is -0.138. The smallest absolute Gasteiger partial charge is 0.416 e. The number of nitrogens with one attached hydrogen (secondary N) is 2. The zero-order chi connectivity index (χ0) is 26.9. The van der Waals surface area contributed by atoms with Gasteiger partial charge in [-0.2, -0.15) is 13.2 Å². The van der Waals surface area contributed by atoms with Crippen molar-refractivity contribution in [2.75, 3.05) is 10.6 Å². The van der Waals surface area contributed by atoms with Crippen molar-refractivity contribution >= 4 is 29.2 Å². The van der Waals surface area contributed by atoms with Gasteiger partial charge in [-0.3, -0.25) is 19.9 Å². The van der Waals surface area contributed by atoms with Gasteiger partial charge in [-0.25, -0.2) is 4.79 Å². The number of rotatable bonds is 7. The Hall–Kier alpha value is -4.21. The van der Waals surface area contributed by atoms with Gasteiger partial charge in [0.2, 0.25) is 5.91 Å². The third-order valence-corrected chi connectivity index (χ3v) is 6.13. The molecule has 1 saturated carbocycles. The van der Waals surface area contributed by atoms with E-state index in [1.807, 2.05) is 24.4 Å². The number of carboxylic acid groups (broad SMARTS) is 1. The van der Waals surface area contributed by atoms with Crippen molar-refractivity contribution in [2.24, 2.45) is 0 Å². The maximum atomic E-state index is 13.4. The Balaban J connectivity index is 1.53. The molecule has 0 spiro atoms. The molecule has 4 rings (SSSR count). The first-order chi connectivity index (χ1) is 17.4. The van der Waals surface area contributed by atoms with Crippen LogP contribution >= 0.6 is 0 Å². The molecular weight excluding hydrogens is 487 g/mol. The third-order valence-electron chi connectivity index (χ3n) is 6.13. The van der Waals surface area contributed by atoms with E-state index in [1.54, 1.807) is 24.4 Å². The van der Waals surface area contributed by atoms with E-state index in [9.17, 15) is 27.6 Å². The second kappa shape index (κ2) is 10.0. The number of pyridine rings is 1. The normalized spacial score (nSPS) is 13.2. The number of carbonyl (C=O) groups excluding carboxylic acids is 2. The molecule has 2 aromatic carbocycles. The number of halogens is 3. The highest BCUT2D eigenvalue weighted by molar-refractivity contribution is 6.12. The van der Waals surface area contributed by atoms with Crippen molar-refractivity contribution in [1.29, 1.82) is 0 Å². The van der Waals surface area contributed by atoms with Crippen molar-refractivity contribution in [3.05, 3.63) is 76.6 Å². The number of ketones is 1. The molecule has 3 aromatic rings. The maximum absolute atomic E-state index is 13.4. The molecule has 3 N–H and O–H groups in total. The minimum atomic E-state index is -4.72. The monoisotopic (exact) mass is 511 g/mol. The number of hydrogen-bond donors (Lipinski definition) is 3. The van der Waals surface area contributed by atoms with Crippen LogP contribution in [-0.4, -0.2) is 27.9 Å². The fourth-order valence-electron chi connectivity index (χ4n) is 4.12. The summed E-state index contributed by atoms with van der Waals surface area (Å²) in [5.74, 6) is -0.922. The number of amides is 2. The number of alkyl halides is 3. The molecule has 1 aromatic heterocycles. The van der Waals surface area contributed by atoms with E-state index in [4.69, 9.17) is 5.11 Å². The second-order valence-electron chi connectivity index (χ2n) is 9.07. The quantitative estimate of drug-likeness (QED) is 0.246. The Morgan fingerprint density at radius 3 is 2.32 bits per heavy atom. The summed E-state index contributed by atoms with van der Waals surface area (Å²) in [6, 6.07) is 10.3. The molecule has 0 saturated heterocycles. The number of hydrogen-bond acceptors (Lipinski definition) is 4. The number of aryl methyl sites for hydroxylation is 2. The average Bonchev–Trinajstić information content (AvgIpc) is 3.65. The van der Waals surface area contributed by atoms with Gasteiger partial charge < -0.3 is 10.4 Å². The predicted octanol–water partition coefficient (Wildman–Crippen LogP) is 6.56. The van der Waals surface area contributed by atoms with E-state index in [0.717, 1.165) is 41.3 Å². The highest BCUT2D eigenvalue weighted by Gasteiger charge is 2.33. The Morgan fingerprint density at radius 2 is 1.70 bits per heavy atom.